The van der Waals surface area contributed by atoms with Gasteiger partial charge in [0, 0.05) is 53.4 Å². The van der Waals surface area contributed by atoms with Crippen molar-refractivity contribution in [2.45, 2.75) is 15.2 Å². The lowest BCUT2D eigenvalue weighted by Gasteiger charge is -2.39. The van der Waals surface area contributed by atoms with E-state index < -0.39 is 5.41 Å². The van der Waals surface area contributed by atoms with Crippen LogP contribution in [0.1, 0.15) is 22.3 Å². The lowest BCUT2D eigenvalue weighted by atomic mass is 9.67. The van der Waals surface area contributed by atoms with Gasteiger partial charge in [-0.05, 0) is 69.8 Å². The highest BCUT2D eigenvalue weighted by Crippen LogP contribution is 2.63. The summed E-state index contributed by atoms with van der Waals surface area (Å²) in [5, 5.41) is 5.60. The van der Waals surface area contributed by atoms with Gasteiger partial charge >= 0.3 is 0 Å². The summed E-state index contributed by atoms with van der Waals surface area (Å²) in [6.45, 7) is 0. The zero-order valence-corrected chi connectivity index (χ0v) is 33.1. The maximum absolute atomic E-state index is 5.46. The van der Waals surface area contributed by atoms with Crippen LogP contribution in [0.15, 0.2) is 210 Å². The van der Waals surface area contributed by atoms with Gasteiger partial charge < -0.3 is 0 Å². The molecular formula is C56H33N3S. The maximum atomic E-state index is 5.46. The average Bonchev–Trinajstić information content (AvgIpc) is 3.62. The van der Waals surface area contributed by atoms with Crippen LogP contribution in [0.3, 0.4) is 0 Å². The molecule has 2 aliphatic rings. The van der Waals surface area contributed by atoms with Crippen LogP contribution in [0.2, 0.25) is 0 Å². The Labute approximate surface area is 351 Å². The number of hydrogen-bond acceptors (Lipinski definition) is 4. The highest BCUT2D eigenvalue weighted by molar-refractivity contribution is 7.99. The number of fused-ring (bicyclic) bond motifs is 16. The van der Waals surface area contributed by atoms with Crippen LogP contribution in [0.4, 0.5) is 0 Å². The molecule has 278 valence electrons. The fourth-order valence-corrected chi connectivity index (χ4v) is 11.3. The summed E-state index contributed by atoms with van der Waals surface area (Å²) in [5.41, 5.74) is 16.2. The second-order valence-corrected chi connectivity index (χ2v) is 16.9. The van der Waals surface area contributed by atoms with E-state index in [-0.39, 0.29) is 0 Å². The summed E-state index contributed by atoms with van der Waals surface area (Å²) in [6, 6.07) is 72.4. The van der Waals surface area contributed by atoms with E-state index in [2.05, 4.69) is 194 Å². The molecule has 1 aliphatic heterocycles. The molecule has 60 heavy (non-hydrogen) atoms. The van der Waals surface area contributed by atoms with E-state index >= 15 is 0 Å². The van der Waals surface area contributed by atoms with Gasteiger partial charge in [-0.25, -0.2) is 15.0 Å². The Morgan fingerprint density at radius 1 is 0.383 bits per heavy atom. The third-order valence-corrected chi connectivity index (χ3v) is 13.8. The fourth-order valence-electron chi connectivity index (χ4n) is 10.1. The van der Waals surface area contributed by atoms with E-state index in [0.29, 0.717) is 0 Å². The Bertz CT molecular complexity index is 3530. The molecule has 0 amide bonds. The number of nitrogens with zero attached hydrogens (tertiary/aromatic N) is 3. The smallest absolute Gasteiger partial charge is 0.0972 e. The molecule has 3 nitrogen and oxygen atoms in total. The molecule has 0 fully saturated rings. The van der Waals surface area contributed by atoms with Crippen LogP contribution in [-0.4, -0.2) is 15.0 Å². The summed E-state index contributed by atoms with van der Waals surface area (Å²) in [4.78, 5) is 18.7. The highest BCUT2D eigenvalue weighted by Gasteiger charge is 2.50. The minimum Gasteiger partial charge on any atom is -0.247 e. The van der Waals surface area contributed by atoms with Crippen LogP contribution >= 0.6 is 11.8 Å². The van der Waals surface area contributed by atoms with Gasteiger partial charge in [-0.1, -0.05) is 176 Å². The zero-order valence-electron chi connectivity index (χ0n) is 32.3. The normalized spacial score (nSPS) is 13.4. The summed E-state index contributed by atoms with van der Waals surface area (Å²) in [7, 11) is 0. The molecule has 4 heterocycles. The van der Waals surface area contributed by atoms with Gasteiger partial charge in [0.25, 0.3) is 0 Å². The second-order valence-electron chi connectivity index (χ2n) is 15.8. The number of benzene rings is 8. The van der Waals surface area contributed by atoms with E-state index in [9.17, 15) is 0 Å². The van der Waals surface area contributed by atoms with Crippen LogP contribution in [0.5, 0.6) is 0 Å². The van der Waals surface area contributed by atoms with Crippen LogP contribution in [-0.2, 0) is 5.41 Å². The first-order valence-corrected chi connectivity index (χ1v) is 21.3. The van der Waals surface area contributed by atoms with Crippen molar-refractivity contribution in [3.8, 4) is 44.9 Å². The van der Waals surface area contributed by atoms with E-state index in [1.807, 2.05) is 17.8 Å². The molecule has 13 rings (SSSR count). The Hall–Kier alpha value is -7.40. The van der Waals surface area contributed by atoms with Gasteiger partial charge in [0.15, 0.2) is 0 Å². The second kappa shape index (κ2) is 12.8. The van der Waals surface area contributed by atoms with Gasteiger partial charge in [-0.2, -0.15) is 0 Å². The Morgan fingerprint density at radius 2 is 0.950 bits per heavy atom. The van der Waals surface area contributed by atoms with Crippen molar-refractivity contribution in [1.82, 2.24) is 15.0 Å². The molecule has 4 heteroatoms. The molecular weight excluding hydrogens is 747 g/mol. The number of aromatic nitrogens is 3. The van der Waals surface area contributed by atoms with Gasteiger partial charge in [0.1, 0.15) is 0 Å². The molecule has 1 aliphatic carbocycles. The topological polar surface area (TPSA) is 38.7 Å². The molecule has 0 bridgehead atoms. The largest absolute Gasteiger partial charge is 0.247 e. The first-order chi connectivity index (χ1) is 29.7. The molecule has 0 radical (unpaired) electrons. The average molecular weight is 780 g/mol. The standard InChI is InChI=1S/C56H33N3S/c1-3-13-34(14-4-1)46-30-25-36-23-24-37-26-31-47(58-55(37)54(36)57-46)38-27-32-48-41(33-38)51-40(53(59-48)35-15-5-2-6-16-35)28-29-45-52(51)39-17-7-8-18-42(39)56(45)43-19-9-11-21-49(43)60-50-22-12-10-20-44(50)56/h1-33H. The summed E-state index contributed by atoms with van der Waals surface area (Å²) < 4.78 is 0. The van der Waals surface area contributed by atoms with Gasteiger partial charge in [-0.15, -0.1) is 0 Å². The molecule has 3 aromatic heterocycles. The van der Waals surface area contributed by atoms with Crippen LogP contribution in [0.25, 0.3) is 88.4 Å². The van der Waals surface area contributed by atoms with Gasteiger partial charge in [0.2, 0.25) is 0 Å². The van der Waals surface area contributed by atoms with Gasteiger partial charge in [0.05, 0.1) is 39.0 Å². The predicted octanol–water partition coefficient (Wildman–Crippen LogP) is 14.3. The summed E-state index contributed by atoms with van der Waals surface area (Å²) in [5.74, 6) is 0. The highest BCUT2D eigenvalue weighted by atomic mass is 32.2. The van der Waals surface area contributed by atoms with Crippen molar-refractivity contribution in [2.75, 3.05) is 0 Å². The fraction of sp³-hybridized carbons (Fsp3) is 0.0179. The number of rotatable bonds is 3. The van der Waals surface area contributed by atoms with Crippen LogP contribution in [0, 0.1) is 0 Å². The van der Waals surface area contributed by atoms with Crippen molar-refractivity contribution in [2.24, 2.45) is 0 Å². The maximum Gasteiger partial charge on any atom is 0.0972 e. The molecule has 8 aromatic carbocycles. The Balaban J connectivity index is 1.11. The van der Waals surface area contributed by atoms with E-state index in [4.69, 9.17) is 15.0 Å². The molecule has 0 N–H and O–H groups in total. The lowest BCUT2D eigenvalue weighted by Crippen LogP contribution is -2.31. The molecule has 0 unspecified atom stereocenters. The van der Waals surface area contributed by atoms with Crippen LogP contribution < -0.4 is 0 Å². The molecule has 0 atom stereocenters. The van der Waals surface area contributed by atoms with Gasteiger partial charge in [-0.3, -0.25) is 0 Å². The van der Waals surface area contributed by atoms with Crippen molar-refractivity contribution < 1.29 is 0 Å². The third kappa shape index (κ3) is 4.71. The molecule has 11 aromatic rings. The third-order valence-electron chi connectivity index (χ3n) is 12.7. The predicted molar refractivity (Wildman–Crippen MR) is 248 cm³/mol. The minimum atomic E-state index is -0.481. The van der Waals surface area contributed by atoms with E-state index in [0.717, 1.165) is 71.9 Å². The zero-order chi connectivity index (χ0) is 39.4. The minimum absolute atomic E-state index is 0.481. The number of hydrogen-bond donors (Lipinski definition) is 0. The Kier molecular flexibility index (Phi) is 7.16. The Morgan fingerprint density at radius 3 is 1.63 bits per heavy atom. The summed E-state index contributed by atoms with van der Waals surface area (Å²) in [6.07, 6.45) is 0. The first-order valence-electron chi connectivity index (χ1n) is 20.4. The van der Waals surface area contributed by atoms with E-state index in [1.54, 1.807) is 0 Å². The number of pyridine rings is 3. The summed E-state index contributed by atoms with van der Waals surface area (Å²) >= 11 is 1.88. The first kappa shape index (κ1) is 33.6. The molecule has 0 saturated carbocycles. The monoisotopic (exact) mass is 779 g/mol. The SMILES string of the molecule is c1ccc(-c2ccc3ccc4ccc(-c5ccc6nc(-c7ccccc7)c7ccc8c(c7c6c5)-c5ccccc5C85c6ccccc6Sc6ccccc65)nc4c3n2)cc1. The lowest BCUT2D eigenvalue weighted by molar-refractivity contribution is 0.723. The molecule has 0 saturated heterocycles. The molecule has 1 spiro atoms. The quantitative estimate of drug-likeness (QED) is 0.167. The van der Waals surface area contributed by atoms with E-state index in [1.165, 1.54) is 48.6 Å². The van der Waals surface area contributed by atoms with Crippen molar-refractivity contribution in [1.29, 1.82) is 0 Å². The van der Waals surface area contributed by atoms with Crippen molar-refractivity contribution in [3.05, 3.63) is 222 Å². The van der Waals surface area contributed by atoms with Crippen molar-refractivity contribution >= 4 is 55.2 Å². The van der Waals surface area contributed by atoms with Crippen molar-refractivity contribution in [3.63, 3.8) is 0 Å².